The molecule has 1 aromatic heterocycles. The highest BCUT2D eigenvalue weighted by Gasteiger charge is 2.38. The van der Waals surface area contributed by atoms with Gasteiger partial charge in [0.2, 0.25) is 0 Å². The molecule has 1 heterocycles. The Morgan fingerprint density at radius 2 is 1.76 bits per heavy atom. The molecule has 226 valence electrons. The predicted molar refractivity (Wildman–Crippen MR) is 164 cm³/mol. The van der Waals surface area contributed by atoms with Crippen LogP contribution in [0.15, 0.2) is 62.6 Å². The molecule has 0 bridgehead atoms. The topological polar surface area (TPSA) is 109 Å². The van der Waals surface area contributed by atoms with Crippen LogP contribution in [0.4, 0.5) is 5.69 Å². The van der Waals surface area contributed by atoms with Crippen LogP contribution in [-0.2, 0) is 22.9 Å². The monoisotopic (exact) mass is 594 g/mol. The Morgan fingerprint density at radius 1 is 1.02 bits per heavy atom. The lowest BCUT2D eigenvalue weighted by atomic mass is 9.85. The molecule has 3 aromatic rings. The lowest BCUT2D eigenvalue weighted by Crippen LogP contribution is -2.27. The first-order chi connectivity index (χ1) is 20.3. The molecule has 0 saturated heterocycles. The van der Waals surface area contributed by atoms with Crippen molar-refractivity contribution in [3.8, 4) is 11.5 Å². The molecule has 5 rings (SSSR count). The minimum absolute atomic E-state index is 0.0591. The van der Waals surface area contributed by atoms with Crippen LogP contribution in [0.25, 0.3) is 0 Å². The summed E-state index contributed by atoms with van der Waals surface area (Å²) in [6.07, 6.45) is 7.27. The number of sulfonamides is 1. The molecule has 2 N–H and O–H groups in total. The van der Waals surface area contributed by atoms with Crippen LogP contribution in [0.5, 0.6) is 11.5 Å². The predicted octanol–water partition coefficient (Wildman–Crippen LogP) is 6.07. The summed E-state index contributed by atoms with van der Waals surface area (Å²) in [7, 11) is -3.90. The lowest BCUT2D eigenvalue weighted by Gasteiger charge is -2.22. The molecule has 9 heteroatoms. The van der Waals surface area contributed by atoms with Gasteiger partial charge >= 0.3 is 5.63 Å². The number of hydrogen-bond acceptors (Lipinski definition) is 7. The average molecular weight is 595 g/mol. The molecule has 0 amide bonds. The minimum Gasteiger partial charge on any atom is -0.507 e. The third kappa shape index (κ3) is 7.01. The number of aromatic hydroxyl groups is 1. The van der Waals surface area contributed by atoms with Crippen molar-refractivity contribution in [3.05, 3.63) is 81.4 Å². The summed E-state index contributed by atoms with van der Waals surface area (Å²) in [5.41, 5.74) is 1.73. The molecular formula is C33H42N2O6S. The molecule has 42 heavy (non-hydrogen) atoms. The summed E-state index contributed by atoms with van der Waals surface area (Å²) < 4.78 is 41.1. The van der Waals surface area contributed by atoms with Gasteiger partial charge in [0, 0.05) is 36.2 Å². The highest BCUT2D eigenvalue weighted by atomic mass is 32.2. The number of hydrogen-bond donors (Lipinski definition) is 2. The Bertz CT molecular complexity index is 1540. The Labute approximate surface area is 248 Å². The van der Waals surface area contributed by atoms with Crippen LogP contribution in [0.1, 0.15) is 80.7 Å². The van der Waals surface area contributed by atoms with Crippen LogP contribution in [0, 0.1) is 5.92 Å². The fourth-order valence-corrected chi connectivity index (χ4v) is 7.06. The van der Waals surface area contributed by atoms with E-state index in [1.807, 2.05) is 6.07 Å². The second kappa shape index (κ2) is 13.3. The third-order valence-electron chi connectivity index (χ3n) is 8.48. The van der Waals surface area contributed by atoms with Crippen molar-refractivity contribution < 1.29 is 22.7 Å². The molecule has 1 unspecified atom stereocenters. The Balaban J connectivity index is 1.39. The zero-order valence-corrected chi connectivity index (χ0v) is 25.4. The number of likely N-dealkylation sites (N-methyl/N-ethyl adjacent to an activating group) is 1. The van der Waals surface area contributed by atoms with Crippen molar-refractivity contribution in [1.29, 1.82) is 0 Å². The molecular weight excluding hydrogens is 552 g/mol. The van der Waals surface area contributed by atoms with Gasteiger partial charge in [-0.1, -0.05) is 44.9 Å². The van der Waals surface area contributed by atoms with Gasteiger partial charge < -0.3 is 19.2 Å². The number of rotatable bonds is 12. The summed E-state index contributed by atoms with van der Waals surface area (Å²) in [4.78, 5) is 15.6. The molecule has 2 aromatic carbocycles. The van der Waals surface area contributed by atoms with E-state index < -0.39 is 15.6 Å². The van der Waals surface area contributed by atoms with Crippen molar-refractivity contribution >= 4 is 15.7 Å². The van der Waals surface area contributed by atoms with Gasteiger partial charge in [0.05, 0.1) is 10.5 Å². The molecule has 0 radical (unpaired) electrons. The quantitative estimate of drug-likeness (QED) is 0.262. The number of fused-ring (bicyclic) bond motifs is 1. The summed E-state index contributed by atoms with van der Waals surface area (Å²) in [6.45, 7) is 7.27. The smallest absolute Gasteiger partial charge is 0.343 e. The highest BCUT2D eigenvalue weighted by molar-refractivity contribution is 7.92. The molecule has 1 fully saturated rings. The van der Waals surface area contributed by atoms with Crippen LogP contribution >= 0.6 is 0 Å². The van der Waals surface area contributed by atoms with Gasteiger partial charge in [-0.3, -0.25) is 4.72 Å². The fraction of sp³-hybridized carbons (Fsp3) is 0.485. The summed E-state index contributed by atoms with van der Waals surface area (Å²) in [6, 6.07) is 13.6. The van der Waals surface area contributed by atoms with E-state index in [9.17, 15) is 18.3 Å². The summed E-state index contributed by atoms with van der Waals surface area (Å²) in [5.74, 6) is 0.972. The van der Waals surface area contributed by atoms with Crippen LogP contribution in [0.3, 0.4) is 0 Å². The zero-order chi connectivity index (χ0) is 29.7. The van der Waals surface area contributed by atoms with Gasteiger partial charge in [0.25, 0.3) is 10.0 Å². The van der Waals surface area contributed by atoms with Crippen molar-refractivity contribution in [1.82, 2.24) is 4.90 Å². The Kier molecular flexibility index (Phi) is 9.58. The number of nitrogens with zero attached hydrogens (tertiary/aromatic N) is 1. The van der Waals surface area contributed by atoms with E-state index in [4.69, 9.17) is 9.15 Å². The van der Waals surface area contributed by atoms with Crippen LogP contribution in [-0.4, -0.2) is 44.7 Å². The number of anilines is 1. The van der Waals surface area contributed by atoms with E-state index in [0.29, 0.717) is 42.2 Å². The first-order valence-electron chi connectivity index (χ1n) is 15.3. The molecule has 2 aliphatic rings. The first-order valence-corrected chi connectivity index (χ1v) is 16.7. The maximum absolute atomic E-state index is 13.4. The second-order valence-corrected chi connectivity index (χ2v) is 13.0. The first kappa shape index (κ1) is 30.2. The summed E-state index contributed by atoms with van der Waals surface area (Å²) >= 11 is 0. The van der Waals surface area contributed by atoms with E-state index in [1.165, 1.54) is 12.1 Å². The molecule has 8 nitrogen and oxygen atoms in total. The Morgan fingerprint density at radius 3 is 2.50 bits per heavy atom. The molecule has 1 atom stereocenters. The lowest BCUT2D eigenvalue weighted by molar-refractivity contribution is 0.222. The minimum atomic E-state index is -3.90. The van der Waals surface area contributed by atoms with Crippen molar-refractivity contribution in [2.24, 2.45) is 5.92 Å². The SMILES string of the molecule is CCN(CC)CCOc1cccc(S(=O)(=O)Nc2cccc(C(c3c(O)c4c(oc3=O)CCCCCC4)C3CC3)c2)c1. The third-order valence-corrected chi connectivity index (χ3v) is 9.86. The molecule has 2 aliphatic carbocycles. The van der Waals surface area contributed by atoms with E-state index in [0.717, 1.165) is 69.3 Å². The molecule has 0 spiro atoms. The van der Waals surface area contributed by atoms with Gasteiger partial charge in [0.15, 0.2) is 0 Å². The van der Waals surface area contributed by atoms with Crippen LogP contribution in [0.2, 0.25) is 0 Å². The Hall–Kier alpha value is -3.30. The van der Waals surface area contributed by atoms with E-state index in [2.05, 4.69) is 23.5 Å². The molecule has 0 aliphatic heterocycles. The number of aryl methyl sites for hydroxylation is 1. The van der Waals surface area contributed by atoms with Gasteiger partial charge in [-0.2, -0.15) is 0 Å². The van der Waals surface area contributed by atoms with Crippen LogP contribution < -0.4 is 15.1 Å². The van der Waals surface area contributed by atoms with Gasteiger partial charge in [-0.25, -0.2) is 13.2 Å². The van der Waals surface area contributed by atoms with Crippen molar-refractivity contribution in [2.45, 2.75) is 76.0 Å². The van der Waals surface area contributed by atoms with Gasteiger partial charge in [0.1, 0.15) is 23.9 Å². The standard InChI is InChI=1S/C33H42N2O6S/c1-3-35(4-2)19-20-40-26-13-10-14-27(22-26)42(38,39)34-25-12-9-11-24(21-25)30(23-17-18-23)31-32(36)28-15-7-5-6-8-16-29(28)41-33(31)37/h9-14,21-23,30,34,36H,3-8,15-20H2,1-2H3. The maximum Gasteiger partial charge on any atom is 0.343 e. The number of benzene rings is 2. The second-order valence-electron chi connectivity index (χ2n) is 11.4. The summed E-state index contributed by atoms with van der Waals surface area (Å²) in [5, 5.41) is 11.4. The normalized spacial score (nSPS) is 16.4. The van der Waals surface area contributed by atoms with E-state index in [-0.39, 0.29) is 22.5 Å². The van der Waals surface area contributed by atoms with E-state index in [1.54, 1.807) is 30.3 Å². The largest absolute Gasteiger partial charge is 0.507 e. The zero-order valence-electron chi connectivity index (χ0n) is 24.6. The average Bonchev–Trinajstić information content (AvgIpc) is 3.80. The number of ether oxygens (including phenoxy) is 1. The van der Waals surface area contributed by atoms with Gasteiger partial charge in [-0.05, 0) is 80.9 Å². The molecule has 1 saturated carbocycles. The maximum atomic E-state index is 13.4. The fourth-order valence-electron chi connectivity index (χ4n) is 5.97. The van der Waals surface area contributed by atoms with E-state index >= 15 is 0 Å². The van der Waals surface area contributed by atoms with Gasteiger partial charge in [-0.15, -0.1) is 0 Å². The number of nitrogens with one attached hydrogen (secondary N) is 1. The van der Waals surface area contributed by atoms with Crippen molar-refractivity contribution in [2.75, 3.05) is 31.0 Å². The van der Waals surface area contributed by atoms with Crippen molar-refractivity contribution in [3.63, 3.8) is 0 Å². The highest BCUT2D eigenvalue weighted by Crippen LogP contribution is 2.49.